The molecule has 2 aliphatic carbocycles. The number of aromatic nitrogens is 1. The highest BCUT2D eigenvalue weighted by Gasteiger charge is 2.29. The van der Waals surface area contributed by atoms with Crippen molar-refractivity contribution in [3.05, 3.63) is 74.7 Å². The van der Waals surface area contributed by atoms with E-state index < -0.39 is 11.5 Å². The van der Waals surface area contributed by atoms with Gasteiger partial charge in [-0.05, 0) is 90.1 Å². The molecule has 5 nitrogen and oxygen atoms in total. The summed E-state index contributed by atoms with van der Waals surface area (Å²) in [5.74, 6) is -0.841. The highest BCUT2D eigenvalue weighted by molar-refractivity contribution is 5.89. The fourth-order valence-electron chi connectivity index (χ4n) is 4.57. The number of hydrogen-bond donors (Lipinski definition) is 2. The van der Waals surface area contributed by atoms with Crippen molar-refractivity contribution in [2.24, 2.45) is 5.73 Å². The minimum Gasteiger partial charge on any atom is -0.477 e. The van der Waals surface area contributed by atoms with Crippen LogP contribution in [0.3, 0.4) is 0 Å². The maximum absolute atomic E-state index is 12.7. The van der Waals surface area contributed by atoms with E-state index in [9.17, 15) is 14.7 Å². The summed E-state index contributed by atoms with van der Waals surface area (Å²) in [4.78, 5) is 24.3. The van der Waals surface area contributed by atoms with Crippen LogP contribution < -0.4 is 11.3 Å². The summed E-state index contributed by atoms with van der Waals surface area (Å²) in [6.07, 6.45) is 5.78. The third kappa shape index (κ3) is 2.50. The lowest BCUT2D eigenvalue weighted by molar-refractivity contribution is 0.0694. The zero-order valence-corrected chi connectivity index (χ0v) is 15.7. The van der Waals surface area contributed by atoms with Crippen molar-refractivity contribution in [1.82, 2.24) is 4.40 Å². The number of carboxylic acid groups (broad SMARTS) is 1. The second-order valence-electron chi connectivity index (χ2n) is 8.03. The Kier molecular flexibility index (Phi) is 3.71. The molecule has 0 saturated heterocycles. The Morgan fingerprint density at radius 3 is 2.64 bits per heavy atom. The maximum Gasteiger partial charge on any atom is 0.341 e. The minimum absolute atomic E-state index is 0.0819. The van der Waals surface area contributed by atoms with E-state index in [2.05, 4.69) is 18.2 Å². The lowest BCUT2D eigenvalue weighted by atomic mass is 9.94. The van der Waals surface area contributed by atoms with Crippen LogP contribution in [0.1, 0.15) is 63.8 Å². The van der Waals surface area contributed by atoms with Gasteiger partial charge in [0, 0.05) is 12.2 Å². The van der Waals surface area contributed by atoms with E-state index in [-0.39, 0.29) is 11.6 Å². The van der Waals surface area contributed by atoms with Gasteiger partial charge in [0.1, 0.15) is 5.56 Å². The van der Waals surface area contributed by atoms with Crippen LogP contribution in [-0.4, -0.2) is 15.5 Å². The average molecular weight is 374 g/mol. The third-order valence-electron chi connectivity index (χ3n) is 6.24. The molecule has 3 N–H and O–H groups in total. The van der Waals surface area contributed by atoms with Crippen LogP contribution in [0.2, 0.25) is 0 Å². The number of nitrogens with two attached hydrogens (primary N) is 1. The maximum atomic E-state index is 12.7. The fourth-order valence-corrected chi connectivity index (χ4v) is 4.57. The standard InChI is InChI=1S/C23H22N2O3/c1-12-16(15-5-4-13-6-7-20(24)17(13)10-15)8-9-25-21(12)18(14-2-3-14)11-19(22(25)26)23(27)28/h4-5,8-11,14,20H,2-3,6-7,24H2,1H3,(H,27,28). The van der Waals surface area contributed by atoms with E-state index in [1.165, 1.54) is 15.5 Å². The van der Waals surface area contributed by atoms with Gasteiger partial charge >= 0.3 is 5.97 Å². The van der Waals surface area contributed by atoms with Gasteiger partial charge in [-0.25, -0.2) is 4.79 Å². The molecule has 1 aromatic carbocycles. The fraction of sp³-hybridized carbons (Fsp3) is 0.304. The highest BCUT2D eigenvalue weighted by atomic mass is 16.4. The smallest absolute Gasteiger partial charge is 0.341 e. The summed E-state index contributed by atoms with van der Waals surface area (Å²) in [7, 11) is 0. The first-order valence-electron chi connectivity index (χ1n) is 9.76. The summed E-state index contributed by atoms with van der Waals surface area (Å²) in [5.41, 5.74) is 13.1. The Hall–Kier alpha value is -2.92. The van der Waals surface area contributed by atoms with E-state index in [4.69, 9.17) is 5.73 Å². The molecule has 1 unspecified atom stereocenters. The van der Waals surface area contributed by atoms with E-state index in [0.717, 1.165) is 53.5 Å². The van der Waals surface area contributed by atoms with E-state index >= 15 is 0 Å². The van der Waals surface area contributed by atoms with Gasteiger partial charge in [-0.15, -0.1) is 0 Å². The number of rotatable bonds is 3. The van der Waals surface area contributed by atoms with Crippen LogP contribution >= 0.6 is 0 Å². The summed E-state index contributed by atoms with van der Waals surface area (Å²) >= 11 is 0. The molecule has 3 aromatic rings. The van der Waals surface area contributed by atoms with Crippen molar-refractivity contribution in [2.45, 2.75) is 44.6 Å². The van der Waals surface area contributed by atoms with E-state index in [0.29, 0.717) is 5.92 Å². The summed E-state index contributed by atoms with van der Waals surface area (Å²) < 4.78 is 1.51. The lowest BCUT2D eigenvalue weighted by Crippen LogP contribution is -2.23. The number of nitrogens with zero attached hydrogens (tertiary/aromatic N) is 1. The first-order chi connectivity index (χ1) is 13.5. The molecule has 0 spiro atoms. The molecule has 0 amide bonds. The molecule has 5 rings (SSSR count). The van der Waals surface area contributed by atoms with Crippen molar-refractivity contribution < 1.29 is 9.90 Å². The van der Waals surface area contributed by atoms with Gasteiger partial charge in [0.05, 0.1) is 5.52 Å². The van der Waals surface area contributed by atoms with Gasteiger partial charge in [-0.2, -0.15) is 0 Å². The average Bonchev–Trinajstić information content (AvgIpc) is 3.46. The van der Waals surface area contributed by atoms with Crippen LogP contribution in [-0.2, 0) is 6.42 Å². The SMILES string of the molecule is Cc1c(-c2ccc3c(c2)C(N)CC3)ccn2c(=O)c(C(=O)O)cc(C3CC3)c12. The van der Waals surface area contributed by atoms with Gasteiger partial charge in [-0.1, -0.05) is 12.1 Å². The van der Waals surface area contributed by atoms with Crippen LogP contribution in [0, 0.1) is 6.92 Å². The van der Waals surface area contributed by atoms with Crippen molar-refractivity contribution in [1.29, 1.82) is 0 Å². The summed E-state index contributed by atoms with van der Waals surface area (Å²) in [6.45, 7) is 2.02. The predicted octanol–water partition coefficient (Wildman–Crippen LogP) is 3.80. The second kappa shape index (κ2) is 6.04. The van der Waals surface area contributed by atoms with Crippen molar-refractivity contribution >= 4 is 11.5 Å². The number of benzene rings is 1. The van der Waals surface area contributed by atoms with Crippen LogP contribution in [0.15, 0.2) is 41.3 Å². The molecule has 2 aromatic heterocycles. The monoisotopic (exact) mass is 374 g/mol. The summed E-state index contributed by atoms with van der Waals surface area (Å²) in [5, 5.41) is 9.44. The molecule has 1 fully saturated rings. The molecule has 28 heavy (non-hydrogen) atoms. The van der Waals surface area contributed by atoms with E-state index in [1.54, 1.807) is 12.3 Å². The Balaban J connectivity index is 1.77. The number of aromatic carboxylic acids is 1. The van der Waals surface area contributed by atoms with Gasteiger partial charge in [-0.3, -0.25) is 9.20 Å². The molecule has 142 valence electrons. The largest absolute Gasteiger partial charge is 0.477 e. The van der Waals surface area contributed by atoms with E-state index in [1.807, 2.05) is 13.0 Å². The van der Waals surface area contributed by atoms with Crippen molar-refractivity contribution in [3.63, 3.8) is 0 Å². The van der Waals surface area contributed by atoms with Gasteiger partial charge in [0.15, 0.2) is 0 Å². The quantitative estimate of drug-likeness (QED) is 0.730. The number of aryl methyl sites for hydroxylation is 2. The second-order valence-corrected chi connectivity index (χ2v) is 8.03. The molecule has 0 bridgehead atoms. The number of hydrogen-bond acceptors (Lipinski definition) is 3. The van der Waals surface area contributed by atoms with Gasteiger partial charge in [0.2, 0.25) is 0 Å². The molecule has 2 heterocycles. The topological polar surface area (TPSA) is 84.8 Å². The zero-order valence-electron chi connectivity index (χ0n) is 15.7. The molecule has 1 saturated carbocycles. The number of carbonyl (C=O) groups is 1. The first-order valence-corrected chi connectivity index (χ1v) is 9.76. The number of carboxylic acids is 1. The Bertz CT molecular complexity index is 1200. The normalized spacial score (nSPS) is 18.4. The van der Waals surface area contributed by atoms with Gasteiger partial charge < -0.3 is 10.8 Å². The number of fused-ring (bicyclic) bond motifs is 2. The first kappa shape index (κ1) is 17.2. The molecule has 5 heteroatoms. The van der Waals surface area contributed by atoms with Crippen molar-refractivity contribution in [3.8, 4) is 11.1 Å². The van der Waals surface area contributed by atoms with Crippen LogP contribution in [0.5, 0.6) is 0 Å². The molecular weight excluding hydrogens is 352 g/mol. The predicted molar refractivity (Wildman–Crippen MR) is 108 cm³/mol. The third-order valence-corrected chi connectivity index (χ3v) is 6.24. The molecular formula is C23H22N2O3. The lowest BCUT2D eigenvalue weighted by Gasteiger charge is -2.16. The molecule has 2 aliphatic rings. The summed E-state index contributed by atoms with van der Waals surface area (Å²) in [6, 6.07) is 10.0. The minimum atomic E-state index is -1.17. The van der Waals surface area contributed by atoms with Gasteiger partial charge in [0.25, 0.3) is 5.56 Å². The van der Waals surface area contributed by atoms with Crippen molar-refractivity contribution in [2.75, 3.05) is 0 Å². The highest BCUT2D eigenvalue weighted by Crippen LogP contribution is 2.43. The van der Waals surface area contributed by atoms with Crippen LogP contribution in [0.4, 0.5) is 0 Å². The van der Waals surface area contributed by atoms with Crippen LogP contribution in [0.25, 0.3) is 16.6 Å². The zero-order chi connectivity index (χ0) is 19.6. The Morgan fingerprint density at radius 2 is 1.93 bits per heavy atom. The molecule has 0 radical (unpaired) electrons. The molecule has 0 aliphatic heterocycles. The number of pyridine rings is 2. The Morgan fingerprint density at radius 1 is 1.14 bits per heavy atom. The molecule has 1 atom stereocenters. The Labute approximate surface area is 162 Å².